The van der Waals surface area contributed by atoms with E-state index in [2.05, 4.69) is 13.8 Å². The zero-order valence-corrected chi connectivity index (χ0v) is 26.8. The minimum absolute atomic E-state index is 0.0169. The number of carbonyl (C=O) groups is 4. The summed E-state index contributed by atoms with van der Waals surface area (Å²) in [6.07, 6.45) is 4.14. The zero-order valence-electron chi connectivity index (χ0n) is 26.8. The second-order valence-corrected chi connectivity index (χ2v) is 14.5. The number of carbonyl (C=O) groups excluding carboxylic acids is 4. The van der Waals surface area contributed by atoms with E-state index in [1.807, 2.05) is 58.0 Å². The lowest BCUT2D eigenvalue weighted by atomic mass is 9.42. The third-order valence-electron chi connectivity index (χ3n) is 12.0. The Morgan fingerprint density at radius 1 is 1.04 bits per heavy atom. The Morgan fingerprint density at radius 3 is 2.42 bits per heavy atom. The van der Waals surface area contributed by atoms with Crippen LogP contribution in [-0.4, -0.2) is 48.9 Å². The van der Waals surface area contributed by atoms with Crippen molar-refractivity contribution < 1.29 is 37.8 Å². The predicted octanol–water partition coefficient (Wildman–Crippen LogP) is 6.25. The van der Waals surface area contributed by atoms with Crippen molar-refractivity contribution in [1.29, 1.82) is 0 Å². The van der Waals surface area contributed by atoms with Crippen LogP contribution in [0.5, 0.6) is 0 Å². The van der Waals surface area contributed by atoms with E-state index in [1.165, 1.54) is 13.2 Å². The molecule has 0 bridgehead atoms. The summed E-state index contributed by atoms with van der Waals surface area (Å²) in [5.41, 5.74) is 1.93. The fraction of sp³-hybridized carbons (Fsp3) is 0.514. The fourth-order valence-corrected chi connectivity index (χ4v) is 9.86. The first kappa shape index (κ1) is 29.9. The number of furan rings is 1. The van der Waals surface area contributed by atoms with Crippen LogP contribution in [0.4, 0.5) is 0 Å². The zero-order chi connectivity index (χ0) is 32.2. The molecule has 0 amide bonds. The standard InChI is InChI=1S/C37H40O8/c1-18(2)29(40)20-8-10-21(11-9-20)30-22(13-15-43-30)23-16-24-28(19(23)3)37(6)25(17-27(39)42-7)36(5)26(38)12-14-35(4)32(36)31(33(37)44-24)45-34(35)41/h8-15,18,23-25,31-33H,16-17H2,1-7H3/t23-,24?,25-,31-,32?,33-,35-,36+,37-/m1/s1. The van der Waals surface area contributed by atoms with Crippen LogP contribution < -0.4 is 0 Å². The molecule has 8 nitrogen and oxygen atoms in total. The van der Waals surface area contributed by atoms with Crippen molar-refractivity contribution in [2.24, 2.45) is 34.0 Å². The van der Waals surface area contributed by atoms with Crippen molar-refractivity contribution >= 4 is 23.5 Å². The summed E-state index contributed by atoms with van der Waals surface area (Å²) >= 11 is 0. The number of rotatable bonds is 6. The molecule has 9 atom stereocenters. The van der Waals surface area contributed by atoms with E-state index in [0.29, 0.717) is 12.0 Å². The molecule has 3 heterocycles. The third kappa shape index (κ3) is 3.81. The van der Waals surface area contributed by atoms with Crippen LogP contribution >= 0.6 is 0 Å². The molecule has 1 aromatic heterocycles. The van der Waals surface area contributed by atoms with Crippen molar-refractivity contribution in [3.63, 3.8) is 0 Å². The second-order valence-electron chi connectivity index (χ2n) is 14.5. The molecule has 0 N–H and O–H groups in total. The maximum Gasteiger partial charge on any atom is 0.316 e. The number of hydrogen-bond acceptors (Lipinski definition) is 8. The van der Waals surface area contributed by atoms with E-state index in [1.54, 1.807) is 12.3 Å². The quantitative estimate of drug-likeness (QED) is 0.214. The summed E-state index contributed by atoms with van der Waals surface area (Å²) in [6, 6.07) is 9.52. The number of Topliss-reactive ketones (excluding diaryl/α,β-unsaturated/α-hetero) is 1. The molecule has 2 aromatic rings. The van der Waals surface area contributed by atoms with Crippen LogP contribution in [0.25, 0.3) is 11.3 Å². The van der Waals surface area contributed by atoms with Gasteiger partial charge >= 0.3 is 11.9 Å². The van der Waals surface area contributed by atoms with Crippen LogP contribution in [0.3, 0.4) is 0 Å². The van der Waals surface area contributed by atoms with Crippen LogP contribution in [0.2, 0.25) is 0 Å². The number of esters is 2. The number of hydrogen-bond donors (Lipinski definition) is 0. The van der Waals surface area contributed by atoms with Crippen molar-refractivity contribution in [2.45, 2.75) is 78.6 Å². The maximum atomic E-state index is 14.0. The highest BCUT2D eigenvalue weighted by atomic mass is 16.6. The van der Waals surface area contributed by atoms with Gasteiger partial charge in [0, 0.05) is 45.3 Å². The molecule has 8 heteroatoms. The largest absolute Gasteiger partial charge is 0.469 e. The van der Waals surface area contributed by atoms with E-state index < -0.39 is 46.3 Å². The highest BCUT2D eigenvalue weighted by Gasteiger charge is 2.77. The molecule has 2 aliphatic heterocycles. The summed E-state index contributed by atoms with van der Waals surface area (Å²) in [5, 5.41) is 0. The minimum atomic E-state index is -1.06. The molecule has 7 rings (SSSR count). The Morgan fingerprint density at radius 2 is 1.76 bits per heavy atom. The van der Waals surface area contributed by atoms with Crippen molar-refractivity contribution in [1.82, 2.24) is 0 Å². The molecule has 1 saturated carbocycles. The number of allylic oxidation sites excluding steroid dienone is 2. The van der Waals surface area contributed by atoms with Gasteiger partial charge in [0.2, 0.25) is 0 Å². The van der Waals surface area contributed by atoms with Crippen molar-refractivity contribution in [2.75, 3.05) is 7.11 Å². The predicted molar refractivity (Wildman–Crippen MR) is 164 cm³/mol. The molecule has 3 aliphatic carbocycles. The third-order valence-corrected chi connectivity index (χ3v) is 12.0. The maximum absolute atomic E-state index is 14.0. The van der Waals surface area contributed by atoms with Gasteiger partial charge in [0.1, 0.15) is 18.0 Å². The normalized spacial score (nSPS) is 37.9. The van der Waals surface area contributed by atoms with Crippen molar-refractivity contribution in [3.05, 3.63) is 71.0 Å². The van der Waals surface area contributed by atoms with E-state index in [-0.39, 0.29) is 41.9 Å². The molecule has 3 fully saturated rings. The summed E-state index contributed by atoms with van der Waals surface area (Å²) < 4.78 is 24.3. The van der Waals surface area contributed by atoms with E-state index in [0.717, 1.165) is 28.0 Å². The van der Waals surface area contributed by atoms with E-state index in [4.69, 9.17) is 18.6 Å². The molecule has 0 radical (unpaired) electrons. The van der Waals surface area contributed by atoms with Gasteiger partial charge in [0.25, 0.3) is 0 Å². The molecule has 236 valence electrons. The van der Waals surface area contributed by atoms with Gasteiger partial charge < -0.3 is 18.6 Å². The molecule has 2 saturated heterocycles. The van der Waals surface area contributed by atoms with Gasteiger partial charge in [-0.1, -0.05) is 63.6 Å². The molecule has 1 aromatic carbocycles. The van der Waals surface area contributed by atoms with Crippen LogP contribution in [0.15, 0.2) is 64.3 Å². The summed E-state index contributed by atoms with van der Waals surface area (Å²) in [7, 11) is 1.36. The number of benzene rings is 1. The number of ketones is 2. The fourth-order valence-electron chi connectivity index (χ4n) is 9.86. The Labute approximate surface area is 263 Å². The SMILES string of the molecule is COC(=O)C[C@H]1[C@]2(C)C3=C(C)[C@H](c4ccoc4-c4ccc(C(=O)C(C)C)cc4)CC3O[C@@H]2[C@@H]2OC(=O)[C@]3(C)C=CC(=O)[C@@]1(C)C23. The Hall–Kier alpha value is -3.78. The lowest BCUT2D eigenvalue weighted by molar-refractivity contribution is -0.190. The molecule has 0 spiro atoms. The highest BCUT2D eigenvalue weighted by molar-refractivity contribution is 6.00. The lowest BCUT2D eigenvalue weighted by Gasteiger charge is -2.59. The average Bonchev–Trinajstić information content (AvgIpc) is 3.75. The minimum Gasteiger partial charge on any atom is -0.469 e. The first-order valence-electron chi connectivity index (χ1n) is 15.9. The Bertz CT molecular complexity index is 1690. The molecular weight excluding hydrogens is 572 g/mol. The second kappa shape index (κ2) is 9.86. The van der Waals surface area contributed by atoms with Crippen LogP contribution in [0, 0.1) is 34.0 Å². The molecule has 2 unspecified atom stereocenters. The topological polar surface area (TPSA) is 109 Å². The smallest absolute Gasteiger partial charge is 0.316 e. The summed E-state index contributed by atoms with van der Waals surface area (Å²) in [5.74, 6) is -1.11. The first-order chi connectivity index (χ1) is 21.3. The van der Waals surface area contributed by atoms with Gasteiger partial charge in [-0.05, 0) is 43.9 Å². The summed E-state index contributed by atoms with van der Waals surface area (Å²) in [6.45, 7) is 11.7. The number of ether oxygens (including phenoxy) is 3. The van der Waals surface area contributed by atoms with Gasteiger partial charge in [0.15, 0.2) is 11.6 Å². The van der Waals surface area contributed by atoms with Gasteiger partial charge in [-0.25, -0.2) is 0 Å². The Kier molecular flexibility index (Phi) is 6.55. The van der Waals surface area contributed by atoms with Crippen molar-refractivity contribution in [3.8, 4) is 11.3 Å². The first-order valence-corrected chi connectivity index (χ1v) is 15.9. The van der Waals surface area contributed by atoms with Gasteiger partial charge in [-0.3, -0.25) is 19.2 Å². The van der Waals surface area contributed by atoms with Gasteiger partial charge in [-0.15, -0.1) is 0 Å². The lowest BCUT2D eigenvalue weighted by Crippen LogP contribution is -2.66. The number of methoxy groups -OCH3 is 1. The summed E-state index contributed by atoms with van der Waals surface area (Å²) in [4.78, 5) is 52.9. The average molecular weight is 613 g/mol. The molecule has 5 aliphatic rings. The van der Waals surface area contributed by atoms with Crippen LogP contribution in [-0.2, 0) is 28.6 Å². The van der Waals surface area contributed by atoms with Crippen LogP contribution in [0.1, 0.15) is 76.2 Å². The molecular formula is C37H40O8. The van der Waals surface area contributed by atoms with Gasteiger partial charge in [0.05, 0.1) is 31.3 Å². The van der Waals surface area contributed by atoms with Gasteiger partial charge in [-0.2, -0.15) is 0 Å². The monoisotopic (exact) mass is 612 g/mol. The number of fused-ring (bicyclic) bond motifs is 4. The molecule has 45 heavy (non-hydrogen) atoms. The highest BCUT2D eigenvalue weighted by Crippen LogP contribution is 2.72. The van der Waals surface area contributed by atoms with E-state index in [9.17, 15) is 19.2 Å². The Balaban J connectivity index is 1.33. The van der Waals surface area contributed by atoms with E-state index >= 15 is 0 Å².